The summed E-state index contributed by atoms with van der Waals surface area (Å²) in [6, 6.07) is 7.11. The number of sulfonamides is 1. The van der Waals surface area contributed by atoms with Crippen LogP contribution in [-0.4, -0.2) is 85.2 Å². The van der Waals surface area contributed by atoms with Crippen LogP contribution in [0.2, 0.25) is 10.0 Å². The Bertz CT molecular complexity index is 1270. The fourth-order valence-corrected chi connectivity index (χ4v) is 6.00. The lowest BCUT2D eigenvalue weighted by Gasteiger charge is -2.35. The van der Waals surface area contributed by atoms with Gasteiger partial charge in [-0.2, -0.15) is 17.5 Å². The van der Waals surface area contributed by atoms with Gasteiger partial charge in [0, 0.05) is 63.4 Å². The van der Waals surface area contributed by atoms with Crippen molar-refractivity contribution >= 4 is 39.3 Å². The van der Waals surface area contributed by atoms with E-state index in [1.165, 1.54) is 10.4 Å². The molecule has 38 heavy (non-hydrogen) atoms. The third-order valence-corrected chi connectivity index (χ3v) is 9.00. The lowest BCUT2D eigenvalue weighted by molar-refractivity contribution is -0.137. The second-order valence-electron chi connectivity index (χ2n) is 9.49. The van der Waals surface area contributed by atoms with Crippen molar-refractivity contribution in [2.45, 2.75) is 25.1 Å². The zero-order valence-electron chi connectivity index (χ0n) is 20.7. The van der Waals surface area contributed by atoms with Crippen molar-refractivity contribution in [3.8, 4) is 5.88 Å². The van der Waals surface area contributed by atoms with Gasteiger partial charge in [0.2, 0.25) is 15.9 Å². The zero-order valence-corrected chi connectivity index (χ0v) is 23.0. The SMILES string of the molecule is CC(Oc1ccc(C(F)(F)F)cn1)C1CN(C(=O)N2CCN(S(C)(=O)=O)CC2)CC1c1ccc(Cl)c(Cl)c1. The first-order valence-electron chi connectivity index (χ1n) is 11.9. The molecular formula is C24H27Cl2F3N4O4S. The van der Waals surface area contributed by atoms with Crippen LogP contribution in [0.1, 0.15) is 24.0 Å². The summed E-state index contributed by atoms with van der Waals surface area (Å²) in [4.78, 5) is 20.5. The Morgan fingerprint density at radius 2 is 1.74 bits per heavy atom. The Morgan fingerprint density at radius 3 is 2.29 bits per heavy atom. The second-order valence-corrected chi connectivity index (χ2v) is 12.3. The van der Waals surface area contributed by atoms with E-state index in [0.717, 1.165) is 24.1 Å². The summed E-state index contributed by atoms with van der Waals surface area (Å²) in [6.07, 6.45) is -3.16. The van der Waals surface area contributed by atoms with Crippen LogP contribution >= 0.6 is 23.2 Å². The van der Waals surface area contributed by atoms with Gasteiger partial charge in [0.15, 0.2) is 0 Å². The lowest BCUT2D eigenvalue weighted by atomic mass is 9.86. The first-order chi connectivity index (χ1) is 17.7. The van der Waals surface area contributed by atoms with Gasteiger partial charge in [-0.25, -0.2) is 18.2 Å². The lowest BCUT2D eigenvalue weighted by Crippen LogP contribution is -2.53. The van der Waals surface area contributed by atoms with Crippen LogP contribution in [0.15, 0.2) is 36.5 Å². The average Bonchev–Trinajstić information content (AvgIpc) is 3.30. The number of carbonyl (C=O) groups is 1. The number of rotatable bonds is 5. The fraction of sp³-hybridized carbons (Fsp3) is 0.500. The number of hydrogen-bond donors (Lipinski definition) is 0. The highest BCUT2D eigenvalue weighted by Crippen LogP contribution is 2.39. The van der Waals surface area contributed by atoms with Crippen molar-refractivity contribution in [3.05, 3.63) is 57.7 Å². The summed E-state index contributed by atoms with van der Waals surface area (Å²) in [5.41, 5.74) is -0.0304. The number of ether oxygens (including phenoxy) is 1. The minimum atomic E-state index is -4.50. The van der Waals surface area contributed by atoms with Crippen LogP contribution in [0.25, 0.3) is 0 Å². The number of aromatic nitrogens is 1. The molecular weight excluding hydrogens is 568 g/mol. The van der Waals surface area contributed by atoms with Crippen LogP contribution < -0.4 is 4.74 Å². The summed E-state index contributed by atoms with van der Waals surface area (Å²) in [5, 5.41) is 0.752. The van der Waals surface area contributed by atoms with Crippen LogP contribution in [0.3, 0.4) is 0 Å². The van der Waals surface area contributed by atoms with Crippen molar-refractivity contribution in [3.63, 3.8) is 0 Å². The normalized spacial score (nSPS) is 22.0. The molecule has 0 spiro atoms. The number of carbonyl (C=O) groups excluding carboxylic acids is 1. The van der Waals surface area contributed by atoms with E-state index < -0.39 is 27.9 Å². The van der Waals surface area contributed by atoms with Crippen molar-refractivity contribution < 1.29 is 31.1 Å². The number of hydrogen-bond acceptors (Lipinski definition) is 5. The Morgan fingerprint density at radius 1 is 1.05 bits per heavy atom. The third kappa shape index (κ3) is 6.47. The maximum Gasteiger partial charge on any atom is 0.417 e. The minimum absolute atomic E-state index is 0.0417. The molecule has 2 amide bonds. The van der Waals surface area contributed by atoms with Gasteiger partial charge in [0.25, 0.3) is 0 Å². The van der Waals surface area contributed by atoms with E-state index in [9.17, 15) is 26.4 Å². The van der Waals surface area contributed by atoms with Crippen LogP contribution in [0.4, 0.5) is 18.0 Å². The van der Waals surface area contributed by atoms with Gasteiger partial charge in [0.1, 0.15) is 6.10 Å². The number of halogens is 5. The van der Waals surface area contributed by atoms with Gasteiger partial charge in [-0.05, 0) is 30.7 Å². The van der Waals surface area contributed by atoms with Crippen molar-refractivity contribution in [2.75, 3.05) is 45.5 Å². The maximum absolute atomic E-state index is 13.4. The molecule has 3 heterocycles. The van der Waals surface area contributed by atoms with Gasteiger partial charge in [-0.1, -0.05) is 29.3 Å². The van der Waals surface area contributed by atoms with Crippen molar-refractivity contribution in [1.29, 1.82) is 0 Å². The molecule has 1 aromatic heterocycles. The molecule has 0 N–H and O–H groups in total. The third-order valence-electron chi connectivity index (χ3n) is 6.96. The number of piperazine rings is 1. The molecule has 4 rings (SSSR count). The number of benzene rings is 1. The summed E-state index contributed by atoms with van der Waals surface area (Å²) >= 11 is 12.4. The summed E-state index contributed by atoms with van der Waals surface area (Å²) in [6.45, 7) is 3.43. The molecule has 2 aromatic rings. The van der Waals surface area contributed by atoms with E-state index >= 15 is 0 Å². The Kier molecular flexibility index (Phi) is 8.37. The topological polar surface area (TPSA) is 83.1 Å². The summed E-state index contributed by atoms with van der Waals surface area (Å²) in [5.74, 6) is -0.395. The molecule has 1 aromatic carbocycles. The molecule has 2 fully saturated rings. The zero-order chi connectivity index (χ0) is 27.8. The molecule has 0 saturated carbocycles. The fourth-order valence-electron chi connectivity index (χ4n) is 4.86. The van der Waals surface area contributed by atoms with Crippen molar-refractivity contribution in [1.82, 2.24) is 19.1 Å². The summed E-state index contributed by atoms with van der Waals surface area (Å²) in [7, 11) is -3.33. The molecule has 8 nitrogen and oxygen atoms in total. The first kappa shape index (κ1) is 28.7. The van der Waals surface area contributed by atoms with E-state index in [4.69, 9.17) is 27.9 Å². The van der Waals surface area contributed by atoms with E-state index in [2.05, 4.69) is 4.98 Å². The molecule has 208 valence electrons. The Labute approximate surface area is 229 Å². The van der Waals surface area contributed by atoms with E-state index in [0.29, 0.717) is 23.1 Å². The predicted octanol–water partition coefficient (Wildman–Crippen LogP) is 4.59. The number of likely N-dealkylation sites (tertiary alicyclic amines) is 1. The van der Waals surface area contributed by atoms with Gasteiger partial charge >= 0.3 is 12.2 Å². The highest BCUT2D eigenvalue weighted by Gasteiger charge is 2.42. The largest absolute Gasteiger partial charge is 0.474 e. The maximum atomic E-state index is 13.4. The van der Waals surface area contributed by atoms with E-state index in [1.807, 2.05) is 6.07 Å². The molecule has 2 aliphatic rings. The van der Waals surface area contributed by atoms with Crippen LogP contribution in [-0.2, 0) is 16.2 Å². The van der Waals surface area contributed by atoms with Gasteiger partial charge in [-0.15, -0.1) is 0 Å². The highest BCUT2D eigenvalue weighted by molar-refractivity contribution is 7.88. The van der Waals surface area contributed by atoms with Crippen LogP contribution in [0.5, 0.6) is 5.88 Å². The molecule has 14 heteroatoms. The first-order valence-corrected chi connectivity index (χ1v) is 14.5. The number of urea groups is 1. The second kappa shape index (κ2) is 11.1. The molecule has 3 atom stereocenters. The summed E-state index contributed by atoms with van der Waals surface area (Å²) < 4.78 is 69.6. The predicted molar refractivity (Wildman–Crippen MR) is 137 cm³/mol. The molecule has 0 bridgehead atoms. The van der Waals surface area contributed by atoms with Gasteiger partial charge in [-0.3, -0.25) is 0 Å². The van der Waals surface area contributed by atoms with Crippen LogP contribution in [0, 0.1) is 5.92 Å². The van der Waals surface area contributed by atoms with E-state index in [-0.39, 0.29) is 49.9 Å². The average molecular weight is 595 g/mol. The molecule has 0 radical (unpaired) electrons. The minimum Gasteiger partial charge on any atom is -0.474 e. The number of amides is 2. The number of nitrogens with zero attached hydrogens (tertiary/aromatic N) is 4. The Hall–Kier alpha value is -2.28. The van der Waals surface area contributed by atoms with Gasteiger partial charge in [0.05, 0.1) is 21.9 Å². The monoisotopic (exact) mass is 594 g/mol. The van der Waals surface area contributed by atoms with Gasteiger partial charge < -0.3 is 14.5 Å². The molecule has 3 unspecified atom stereocenters. The van der Waals surface area contributed by atoms with E-state index in [1.54, 1.807) is 28.9 Å². The number of pyridine rings is 1. The molecule has 2 aliphatic heterocycles. The molecule has 2 saturated heterocycles. The number of alkyl halides is 3. The van der Waals surface area contributed by atoms with Crippen molar-refractivity contribution in [2.24, 2.45) is 5.92 Å². The standard InChI is InChI=1S/C24H27Cl2F3N4O4S/c1-15(37-22-6-4-17(12-30-22)24(27,28)29)18-13-32(14-19(18)16-3-5-20(25)21(26)11-16)23(34)31-7-9-33(10-8-31)38(2,35)36/h3-6,11-12,15,18-19H,7-10,13-14H2,1-2H3. The smallest absolute Gasteiger partial charge is 0.417 e. The molecule has 0 aliphatic carbocycles. The highest BCUT2D eigenvalue weighted by atomic mass is 35.5. The quantitative estimate of drug-likeness (QED) is 0.506. The Balaban J connectivity index is 1.52.